The lowest BCUT2D eigenvalue weighted by molar-refractivity contribution is -0.00476. The minimum absolute atomic E-state index is 0.0600. The molecule has 2 aromatic rings. The lowest BCUT2D eigenvalue weighted by atomic mass is 9.73. The number of amidine groups is 1. The number of benzene rings is 1. The number of fused-ring (bicyclic) bond motifs is 1. The average Bonchev–Trinajstić information content (AvgIpc) is 3.11. The van der Waals surface area contributed by atoms with Crippen LogP contribution in [0.2, 0.25) is 0 Å². The molecule has 2 N–H and O–H groups in total. The fraction of sp³-hybridized carbons (Fsp3) is 0.292. The van der Waals surface area contributed by atoms with Crippen molar-refractivity contribution < 1.29 is 13.5 Å². The Kier molecular flexibility index (Phi) is 4.80. The third-order valence-electron chi connectivity index (χ3n) is 6.14. The number of allylic oxidation sites excluding steroid dienone is 3. The minimum atomic E-state index is -2.96. The Morgan fingerprint density at radius 2 is 2.00 bits per heavy atom. The summed E-state index contributed by atoms with van der Waals surface area (Å²) in [5, 5.41) is 0. The van der Waals surface area contributed by atoms with Crippen LogP contribution in [0.1, 0.15) is 17.5 Å². The van der Waals surface area contributed by atoms with E-state index in [4.69, 9.17) is 15.5 Å². The highest BCUT2D eigenvalue weighted by Gasteiger charge is 2.55. The van der Waals surface area contributed by atoms with E-state index < -0.39 is 24.6 Å². The van der Waals surface area contributed by atoms with Gasteiger partial charge in [-0.25, -0.2) is 13.8 Å². The Morgan fingerprint density at radius 1 is 1.19 bits per heavy atom. The maximum absolute atomic E-state index is 14.2. The molecule has 0 radical (unpaired) electrons. The quantitative estimate of drug-likeness (QED) is 0.796. The van der Waals surface area contributed by atoms with Gasteiger partial charge in [0.2, 0.25) is 0 Å². The number of ether oxygens (including phenoxy) is 1. The van der Waals surface area contributed by atoms with Crippen LogP contribution < -0.4 is 10.5 Å². The van der Waals surface area contributed by atoms with E-state index in [1.807, 2.05) is 42.5 Å². The second kappa shape index (κ2) is 7.55. The van der Waals surface area contributed by atoms with Crippen molar-refractivity contribution >= 4 is 17.4 Å². The number of guanidine groups is 1. The van der Waals surface area contributed by atoms with Crippen LogP contribution in [0.5, 0.6) is 5.75 Å². The molecule has 0 saturated heterocycles. The summed E-state index contributed by atoms with van der Waals surface area (Å²) in [5.74, 6) is -1.91. The first-order valence-electron chi connectivity index (χ1n) is 10.4. The summed E-state index contributed by atoms with van der Waals surface area (Å²) in [6, 6.07) is 11.4. The molecule has 8 heteroatoms. The standard InChI is InChI=1S/C24H23F2N5O/c1-32-20-9-7-18(8-10-20)24(21-29-14-23(25,26)15-31(21)22(27)30-24)19-6-2-4-16(12-19)17-5-3-11-28-13-17/h2-5,7-13,19H,6,14-15H2,1H3,(H2,27,30). The molecule has 32 heavy (non-hydrogen) atoms. The molecule has 0 fully saturated rings. The SMILES string of the molecule is COc1ccc(C2(C3C=C(c4cccnc4)C=CC3)N=C(N)N3CC(F)(F)CN=C32)cc1. The van der Waals surface area contributed by atoms with Gasteiger partial charge >= 0.3 is 0 Å². The lowest BCUT2D eigenvalue weighted by Crippen LogP contribution is -2.54. The van der Waals surface area contributed by atoms with Crippen molar-refractivity contribution in [1.29, 1.82) is 0 Å². The monoisotopic (exact) mass is 435 g/mol. The largest absolute Gasteiger partial charge is 0.497 e. The van der Waals surface area contributed by atoms with Crippen LogP contribution in [0.25, 0.3) is 5.57 Å². The van der Waals surface area contributed by atoms with Gasteiger partial charge in [-0.1, -0.05) is 36.4 Å². The number of nitrogens with zero attached hydrogens (tertiary/aromatic N) is 4. The van der Waals surface area contributed by atoms with E-state index in [2.05, 4.69) is 22.1 Å². The number of pyridine rings is 1. The number of rotatable bonds is 4. The predicted octanol–water partition coefficient (Wildman–Crippen LogP) is 3.62. The number of halogens is 2. The summed E-state index contributed by atoms with van der Waals surface area (Å²) in [7, 11) is 1.60. The van der Waals surface area contributed by atoms with E-state index >= 15 is 0 Å². The van der Waals surface area contributed by atoms with Gasteiger partial charge in [-0.3, -0.25) is 14.9 Å². The maximum Gasteiger partial charge on any atom is 0.284 e. The summed E-state index contributed by atoms with van der Waals surface area (Å²) in [6.45, 7) is -1.11. The zero-order valence-corrected chi connectivity index (χ0v) is 17.6. The number of alkyl halides is 2. The number of aliphatic imine (C=N–C) groups is 2. The Labute approximate surface area is 184 Å². The summed E-state index contributed by atoms with van der Waals surface area (Å²) in [6.07, 6.45) is 10.4. The van der Waals surface area contributed by atoms with Gasteiger partial charge in [0.15, 0.2) is 11.5 Å². The first-order chi connectivity index (χ1) is 15.4. The van der Waals surface area contributed by atoms with E-state index in [1.165, 1.54) is 4.90 Å². The summed E-state index contributed by atoms with van der Waals surface area (Å²) in [5.41, 5.74) is 8.01. The lowest BCUT2D eigenvalue weighted by Gasteiger charge is -2.39. The smallest absolute Gasteiger partial charge is 0.284 e. The number of hydrogen-bond donors (Lipinski definition) is 1. The molecule has 2 unspecified atom stereocenters. The Hall–Kier alpha value is -3.55. The Morgan fingerprint density at radius 3 is 2.72 bits per heavy atom. The van der Waals surface area contributed by atoms with Crippen molar-refractivity contribution in [3.8, 4) is 5.75 Å². The van der Waals surface area contributed by atoms with Crippen molar-refractivity contribution in [3.63, 3.8) is 0 Å². The van der Waals surface area contributed by atoms with Crippen molar-refractivity contribution in [2.75, 3.05) is 20.2 Å². The van der Waals surface area contributed by atoms with Crippen LogP contribution in [-0.4, -0.2) is 47.8 Å². The molecule has 0 amide bonds. The first-order valence-corrected chi connectivity index (χ1v) is 10.4. The van der Waals surface area contributed by atoms with Gasteiger partial charge in [-0.05, 0) is 41.3 Å². The minimum Gasteiger partial charge on any atom is -0.497 e. The average molecular weight is 435 g/mol. The van der Waals surface area contributed by atoms with Crippen molar-refractivity contribution in [2.24, 2.45) is 21.6 Å². The van der Waals surface area contributed by atoms with Gasteiger partial charge in [-0.15, -0.1) is 0 Å². The normalized spacial score (nSPS) is 26.2. The van der Waals surface area contributed by atoms with E-state index in [0.29, 0.717) is 18.0 Å². The highest BCUT2D eigenvalue weighted by Crippen LogP contribution is 2.47. The van der Waals surface area contributed by atoms with Gasteiger partial charge in [0.05, 0.1) is 13.7 Å². The molecule has 1 aromatic carbocycles. The first kappa shape index (κ1) is 20.4. The summed E-state index contributed by atoms with van der Waals surface area (Å²) in [4.78, 5) is 14.8. The van der Waals surface area contributed by atoms with Crippen LogP contribution in [0.15, 0.2) is 77.0 Å². The third kappa shape index (κ3) is 3.26. The molecular formula is C24H23F2N5O. The van der Waals surface area contributed by atoms with E-state index in [9.17, 15) is 8.78 Å². The third-order valence-corrected chi connectivity index (χ3v) is 6.14. The van der Waals surface area contributed by atoms with Gasteiger partial charge < -0.3 is 10.5 Å². The second-order valence-electron chi connectivity index (χ2n) is 8.16. The van der Waals surface area contributed by atoms with Gasteiger partial charge in [-0.2, -0.15) is 0 Å². The van der Waals surface area contributed by atoms with Gasteiger partial charge in [0.1, 0.15) is 18.1 Å². The molecule has 3 heterocycles. The molecule has 164 valence electrons. The predicted molar refractivity (Wildman–Crippen MR) is 120 cm³/mol. The molecule has 5 rings (SSSR count). The van der Waals surface area contributed by atoms with Gasteiger partial charge in [0, 0.05) is 18.3 Å². The molecular weight excluding hydrogens is 412 g/mol. The molecule has 2 atom stereocenters. The van der Waals surface area contributed by atoms with E-state index in [-0.39, 0.29) is 11.9 Å². The molecule has 0 bridgehead atoms. The highest BCUT2D eigenvalue weighted by molar-refractivity contribution is 6.11. The fourth-order valence-corrected chi connectivity index (χ4v) is 4.64. The molecule has 2 aliphatic heterocycles. The van der Waals surface area contributed by atoms with Crippen LogP contribution in [-0.2, 0) is 5.54 Å². The van der Waals surface area contributed by atoms with Crippen molar-refractivity contribution in [1.82, 2.24) is 9.88 Å². The Bertz CT molecular complexity index is 1140. The molecule has 0 spiro atoms. The number of nitrogens with two attached hydrogens (primary N) is 1. The number of aromatic nitrogens is 1. The maximum atomic E-state index is 14.2. The molecule has 6 nitrogen and oxygen atoms in total. The van der Waals surface area contributed by atoms with Crippen molar-refractivity contribution in [2.45, 2.75) is 17.9 Å². The fourth-order valence-electron chi connectivity index (χ4n) is 4.64. The Balaban J connectivity index is 1.67. The molecule has 1 aliphatic carbocycles. The van der Waals surface area contributed by atoms with Crippen LogP contribution in [0.3, 0.4) is 0 Å². The highest BCUT2D eigenvalue weighted by atomic mass is 19.3. The second-order valence-corrected chi connectivity index (χ2v) is 8.16. The zero-order chi connectivity index (χ0) is 22.3. The summed E-state index contributed by atoms with van der Waals surface area (Å²) >= 11 is 0. The number of methoxy groups -OCH3 is 1. The molecule has 1 aromatic heterocycles. The molecule has 0 saturated carbocycles. The zero-order valence-electron chi connectivity index (χ0n) is 17.6. The number of hydrogen-bond acceptors (Lipinski definition) is 6. The van der Waals surface area contributed by atoms with Crippen LogP contribution in [0, 0.1) is 5.92 Å². The topological polar surface area (TPSA) is 76.1 Å². The van der Waals surface area contributed by atoms with Crippen LogP contribution >= 0.6 is 0 Å². The van der Waals surface area contributed by atoms with Crippen molar-refractivity contribution in [3.05, 3.63) is 78.1 Å². The van der Waals surface area contributed by atoms with Crippen LogP contribution in [0.4, 0.5) is 8.78 Å². The molecule has 3 aliphatic rings. The van der Waals surface area contributed by atoms with Gasteiger partial charge in [0.25, 0.3) is 5.92 Å². The summed E-state index contributed by atoms with van der Waals surface area (Å²) < 4.78 is 33.7. The van der Waals surface area contributed by atoms with E-state index in [0.717, 1.165) is 16.7 Å². The van der Waals surface area contributed by atoms with E-state index in [1.54, 1.807) is 19.5 Å².